The lowest BCUT2D eigenvalue weighted by Gasteiger charge is -2.19. The van der Waals surface area contributed by atoms with E-state index in [0.29, 0.717) is 52.2 Å². The van der Waals surface area contributed by atoms with Crippen LogP contribution in [0.25, 0.3) is 22.6 Å². The maximum Gasteiger partial charge on any atom is 0.295 e. The summed E-state index contributed by atoms with van der Waals surface area (Å²) in [5.74, 6) is 1.23. The van der Waals surface area contributed by atoms with Crippen LogP contribution in [0.15, 0.2) is 34.3 Å². The topological polar surface area (TPSA) is 155 Å². The van der Waals surface area contributed by atoms with Crippen molar-refractivity contribution in [3.05, 3.63) is 52.1 Å². The van der Waals surface area contributed by atoms with Gasteiger partial charge in [-0.2, -0.15) is 0 Å². The number of hydrogen-bond acceptors (Lipinski definition) is 11. The number of aryl methyl sites for hydroxylation is 1. The molecule has 1 N–H and O–H groups in total. The van der Waals surface area contributed by atoms with Crippen LogP contribution in [0.4, 0.5) is 5.82 Å². The molecule has 1 saturated carbocycles. The third-order valence-corrected chi connectivity index (χ3v) is 8.86. The van der Waals surface area contributed by atoms with Crippen molar-refractivity contribution in [1.82, 2.24) is 34.5 Å². The van der Waals surface area contributed by atoms with Gasteiger partial charge in [0.15, 0.2) is 27.1 Å². The summed E-state index contributed by atoms with van der Waals surface area (Å²) in [4.78, 5) is 41.2. The number of pyridine rings is 1. The lowest BCUT2D eigenvalue weighted by molar-refractivity contribution is 0.397. The van der Waals surface area contributed by atoms with E-state index in [0.717, 1.165) is 18.5 Å². The number of aromatic nitrogens is 7. The van der Waals surface area contributed by atoms with Gasteiger partial charge in [-0.1, -0.05) is 13.8 Å². The van der Waals surface area contributed by atoms with E-state index in [2.05, 4.69) is 25.3 Å². The zero-order chi connectivity index (χ0) is 28.6. The number of nitrogens with one attached hydrogen (secondary N) is 1. The van der Waals surface area contributed by atoms with Gasteiger partial charge in [0.2, 0.25) is 5.88 Å². The average Bonchev–Trinajstić information content (AvgIpc) is 3.81. The first-order valence-electron chi connectivity index (χ1n) is 13.3. The molecule has 0 aromatic carbocycles. The minimum Gasteiger partial charge on any atom is -0.480 e. The van der Waals surface area contributed by atoms with E-state index in [4.69, 9.17) is 14.7 Å². The second kappa shape index (κ2) is 10.9. The summed E-state index contributed by atoms with van der Waals surface area (Å²) >= 11 is 0. The van der Waals surface area contributed by atoms with Crippen LogP contribution < -0.4 is 15.6 Å². The van der Waals surface area contributed by atoms with E-state index >= 15 is 0 Å². The standard InChI is InChI=1S/C27H32N8O4S/c1-6-15(3)35-25-21(16(4)32-23(34-25)20-22(17-8-9-17)30-14-31-26(20)39-5)33-24(27(35)36)29-12-18-10-11-19(13-28-18)40(37,38)7-2/h10-11,13-15,17H,6-9,12H2,1-5H3,(H,29,33)/t15-/m1/s1. The van der Waals surface area contributed by atoms with Crippen molar-refractivity contribution >= 4 is 26.8 Å². The Hall–Kier alpha value is -4.00. The molecule has 4 heterocycles. The minimum absolute atomic E-state index is 0.00243. The van der Waals surface area contributed by atoms with Gasteiger partial charge in [-0.25, -0.2) is 33.3 Å². The van der Waals surface area contributed by atoms with Crippen LogP contribution in [0, 0.1) is 6.92 Å². The second-order valence-electron chi connectivity index (χ2n) is 9.86. The van der Waals surface area contributed by atoms with Crippen molar-refractivity contribution in [2.24, 2.45) is 0 Å². The Morgan fingerprint density at radius 3 is 2.52 bits per heavy atom. The van der Waals surface area contributed by atoms with Crippen LogP contribution in [0.2, 0.25) is 0 Å². The molecule has 0 bridgehead atoms. The Bertz CT molecular complexity index is 1730. The molecule has 0 spiro atoms. The maximum absolute atomic E-state index is 13.7. The lowest BCUT2D eigenvalue weighted by atomic mass is 10.1. The Morgan fingerprint density at radius 2 is 1.90 bits per heavy atom. The number of hydrogen-bond donors (Lipinski definition) is 1. The van der Waals surface area contributed by atoms with Crippen molar-refractivity contribution in [2.75, 3.05) is 18.2 Å². The zero-order valence-corrected chi connectivity index (χ0v) is 24.0. The number of anilines is 1. The highest BCUT2D eigenvalue weighted by Crippen LogP contribution is 2.45. The fraction of sp³-hybridized carbons (Fsp3) is 0.444. The van der Waals surface area contributed by atoms with Crippen molar-refractivity contribution in [1.29, 1.82) is 0 Å². The molecule has 1 fully saturated rings. The molecule has 1 aliphatic carbocycles. The van der Waals surface area contributed by atoms with Crippen LogP contribution in [0.3, 0.4) is 0 Å². The van der Waals surface area contributed by atoms with Gasteiger partial charge >= 0.3 is 0 Å². The van der Waals surface area contributed by atoms with Gasteiger partial charge in [0, 0.05) is 18.2 Å². The molecule has 4 aromatic heterocycles. The highest BCUT2D eigenvalue weighted by Gasteiger charge is 2.32. The van der Waals surface area contributed by atoms with Crippen molar-refractivity contribution in [3.8, 4) is 17.3 Å². The van der Waals surface area contributed by atoms with E-state index in [1.54, 1.807) is 24.7 Å². The molecule has 0 amide bonds. The lowest BCUT2D eigenvalue weighted by Crippen LogP contribution is -2.29. The van der Waals surface area contributed by atoms with Gasteiger partial charge in [-0.3, -0.25) is 14.3 Å². The molecule has 0 unspecified atom stereocenters. The van der Waals surface area contributed by atoms with E-state index in [-0.39, 0.29) is 34.6 Å². The molecular formula is C27H32N8O4S. The van der Waals surface area contributed by atoms with Gasteiger partial charge < -0.3 is 10.1 Å². The number of rotatable bonds is 10. The van der Waals surface area contributed by atoms with Gasteiger partial charge in [-0.15, -0.1) is 0 Å². The first-order chi connectivity index (χ1) is 19.2. The fourth-order valence-electron chi connectivity index (χ4n) is 4.49. The number of ether oxygens (including phenoxy) is 1. The first-order valence-corrected chi connectivity index (χ1v) is 14.9. The molecular weight excluding hydrogens is 532 g/mol. The summed E-state index contributed by atoms with van der Waals surface area (Å²) in [6.45, 7) is 7.56. The van der Waals surface area contributed by atoms with Crippen LogP contribution in [-0.2, 0) is 16.4 Å². The first kappa shape index (κ1) is 27.6. The highest BCUT2D eigenvalue weighted by atomic mass is 32.2. The summed E-state index contributed by atoms with van der Waals surface area (Å²) in [7, 11) is -1.79. The highest BCUT2D eigenvalue weighted by molar-refractivity contribution is 7.91. The zero-order valence-electron chi connectivity index (χ0n) is 23.2. The molecule has 0 saturated heterocycles. The van der Waals surface area contributed by atoms with E-state index in [1.807, 2.05) is 20.8 Å². The summed E-state index contributed by atoms with van der Waals surface area (Å²) in [6.07, 6.45) is 5.57. The summed E-state index contributed by atoms with van der Waals surface area (Å²) < 4.78 is 31.4. The summed E-state index contributed by atoms with van der Waals surface area (Å²) in [5, 5.41) is 3.09. The van der Waals surface area contributed by atoms with Crippen LogP contribution in [0.1, 0.15) is 69.1 Å². The molecule has 1 atom stereocenters. The molecule has 0 radical (unpaired) electrons. The largest absolute Gasteiger partial charge is 0.480 e. The third kappa shape index (κ3) is 5.12. The Labute approximate surface area is 232 Å². The van der Waals surface area contributed by atoms with Gasteiger partial charge in [0.05, 0.1) is 41.4 Å². The molecule has 4 aromatic rings. The molecule has 1 aliphatic rings. The summed E-state index contributed by atoms with van der Waals surface area (Å²) in [6, 6.07) is 2.97. The van der Waals surface area contributed by atoms with Crippen molar-refractivity contribution in [3.63, 3.8) is 0 Å². The van der Waals surface area contributed by atoms with Crippen molar-refractivity contribution in [2.45, 2.75) is 70.4 Å². The van der Waals surface area contributed by atoms with E-state index < -0.39 is 9.84 Å². The normalized spacial score (nSPS) is 14.3. The maximum atomic E-state index is 13.7. The minimum atomic E-state index is -3.35. The predicted octanol–water partition coefficient (Wildman–Crippen LogP) is 3.61. The SMILES string of the molecule is CC[C@@H](C)n1c(=O)c(NCc2ccc(S(=O)(=O)CC)cn2)nc2c(C)nc(-c3c(OC)ncnc3C3CC3)nc21. The van der Waals surface area contributed by atoms with E-state index in [1.165, 1.54) is 18.6 Å². The smallest absolute Gasteiger partial charge is 0.295 e. The van der Waals surface area contributed by atoms with E-state index in [9.17, 15) is 13.2 Å². The quantitative estimate of drug-likeness (QED) is 0.300. The monoisotopic (exact) mass is 564 g/mol. The Kier molecular flexibility index (Phi) is 7.49. The summed E-state index contributed by atoms with van der Waals surface area (Å²) in [5.41, 5.74) is 3.25. The van der Waals surface area contributed by atoms with Gasteiger partial charge in [0.1, 0.15) is 17.4 Å². The molecule has 12 nitrogen and oxygen atoms in total. The number of methoxy groups -OCH3 is 1. The average molecular weight is 565 g/mol. The van der Waals surface area contributed by atoms with Crippen molar-refractivity contribution < 1.29 is 13.2 Å². The molecule has 210 valence electrons. The molecule has 13 heteroatoms. The number of nitrogens with zero attached hydrogens (tertiary/aromatic N) is 7. The van der Waals surface area contributed by atoms with Crippen LogP contribution in [-0.4, -0.2) is 55.8 Å². The van der Waals surface area contributed by atoms with Gasteiger partial charge in [0.25, 0.3) is 5.56 Å². The fourth-order valence-corrected chi connectivity index (χ4v) is 5.31. The third-order valence-electron chi connectivity index (χ3n) is 7.14. The Morgan fingerprint density at radius 1 is 1.12 bits per heavy atom. The van der Waals surface area contributed by atoms with Crippen LogP contribution in [0.5, 0.6) is 5.88 Å². The number of fused-ring (bicyclic) bond motifs is 1. The van der Waals surface area contributed by atoms with Crippen LogP contribution >= 0.6 is 0 Å². The second-order valence-corrected chi connectivity index (χ2v) is 12.1. The molecule has 0 aliphatic heterocycles. The number of sulfone groups is 1. The molecule has 40 heavy (non-hydrogen) atoms. The Balaban J connectivity index is 1.58. The van der Waals surface area contributed by atoms with Gasteiger partial charge in [-0.05, 0) is 45.2 Å². The predicted molar refractivity (Wildman–Crippen MR) is 150 cm³/mol. The molecule has 5 rings (SSSR count).